The molecule has 1 aromatic carbocycles. The number of aromatic nitrogens is 3. The smallest absolute Gasteiger partial charge is 0.331 e. The van der Waals surface area contributed by atoms with Gasteiger partial charge in [0, 0.05) is 5.69 Å². The first-order chi connectivity index (χ1) is 12.8. The third-order valence-corrected chi connectivity index (χ3v) is 4.82. The number of ether oxygens (including phenoxy) is 1. The summed E-state index contributed by atoms with van der Waals surface area (Å²) in [4.78, 5) is 26.1. The number of hydrogen-bond acceptors (Lipinski definition) is 9. The number of likely N-dealkylation sites (tertiary alicyclic amines) is 1. The summed E-state index contributed by atoms with van der Waals surface area (Å²) in [5.41, 5.74) is 1.09. The molecular weight excluding hydrogens is 372 g/mol. The van der Waals surface area contributed by atoms with Gasteiger partial charge in [0.25, 0.3) is 0 Å². The molecule has 2 aromatic rings. The molecule has 1 fully saturated rings. The van der Waals surface area contributed by atoms with Crippen LogP contribution in [-0.4, -0.2) is 53.9 Å². The molecule has 0 amide bonds. The molecule has 1 aliphatic heterocycles. The van der Waals surface area contributed by atoms with E-state index in [2.05, 4.69) is 20.3 Å². The second-order valence-corrected chi connectivity index (χ2v) is 7.90. The molecule has 27 heavy (non-hydrogen) atoms. The Bertz CT molecular complexity index is 936. The SMILES string of the molecule is CN1CCC[C@H]1C(=O)Oc1ncnc(Nc2cccc(CS(N)(=O)=O)c2)n1. The van der Waals surface area contributed by atoms with E-state index in [9.17, 15) is 13.2 Å². The zero-order valence-electron chi connectivity index (χ0n) is 14.7. The van der Waals surface area contributed by atoms with Gasteiger partial charge in [0.2, 0.25) is 16.0 Å². The van der Waals surface area contributed by atoms with Gasteiger partial charge < -0.3 is 10.1 Å². The number of likely N-dealkylation sites (N-methyl/N-ethyl adjacent to an activating group) is 1. The number of nitrogens with one attached hydrogen (secondary N) is 1. The van der Waals surface area contributed by atoms with Crippen molar-refractivity contribution in [2.24, 2.45) is 5.14 Å². The number of carbonyl (C=O) groups excluding carboxylic acids is 1. The van der Waals surface area contributed by atoms with E-state index in [1.165, 1.54) is 6.33 Å². The van der Waals surface area contributed by atoms with Gasteiger partial charge in [-0.25, -0.2) is 23.3 Å². The van der Waals surface area contributed by atoms with Crippen LogP contribution in [0.1, 0.15) is 18.4 Å². The molecular formula is C16H20N6O4S. The number of benzene rings is 1. The third kappa shape index (κ3) is 5.42. The summed E-state index contributed by atoms with van der Waals surface area (Å²) in [6, 6.07) is 6.27. The van der Waals surface area contributed by atoms with Crippen molar-refractivity contribution in [3.8, 4) is 6.01 Å². The average molecular weight is 392 g/mol. The van der Waals surface area contributed by atoms with Crippen molar-refractivity contribution in [3.05, 3.63) is 36.2 Å². The summed E-state index contributed by atoms with van der Waals surface area (Å²) in [5.74, 6) is -0.514. The highest BCUT2D eigenvalue weighted by Gasteiger charge is 2.30. The molecule has 11 heteroatoms. The van der Waals surface area contributed by atoms with Crippen LogP contribution in [-0.2, 0) is 20.6 Å². The fraction of sp³-hybridized carbons (Fsp3) is 0.375. The maximum absolute atomic E-state index is 12.2. The van der Waals surface area contributed by atoms with Crippen molar-refractivity contribution in [1.82, 2.24) is 19.9 Å². The molecule has 0 aliphatic carbocycles. The van der Waals surface area contributed by atoms with E-state index in [1.807, 2.05) is 11.9 Å². The Morgan fingerprint density at radius 1 is 1.41 bits per heavy atom. The van der Waals surface area contributed by atoms with Crippen LogP contribution in [0.4, 0.5) is 11.6 Å². The van der Waals surface area contributed by atoms with E-state index in [1.54, 1.807) is 24.3 Å². The first kappa shape index (κ1) is 19.1. The highest BCUT2D eigenvalue weighted by atomic mass is 32.2. The van der Waals surface area contributed by atoms with Gasteiger partial charge in [0.1, 0.15) is 12.4 Å². The van der Waals surface area contributed by atoms with Gasteiger partial charge in [-0.05, 0) is 44.1 Å². The van der Waals surface area contributed by atoms with E-state index < -0.39 is 16.0 Å². The number of nitrogens with two attached hydrogens (primary N) is 1. The summed E-state index contributed by atoms with van der Waals surface area (Å²) in [7, 11) is -1.76. The molecule has 0 bridgehead atoms. The van der Waals surface area contributed by atoms with E-state index in [0.29, 0.717) is 11.3 Å². The average Bonchev–Trinajstić information content (AvgIpc) is 3.00. The molecule has 1 aromatic heterocycles. The van der Waals surface area contributed by atoms with Crippen LogP contribution in [0.3, 0.4) is 0 Å². The maximum Gasteiger partial charge on any atom is 0.331 e. The van der Waals surface area contributed by atoms with Crippen molar-refractivity contribution >= 4 is 27.6 Å². The Morgan fingerprint density at radius 2 is 2.22 bits per heavy atom. The Balaban J connectivity index is 1.69. The normalized spacial score (nSPS) is 17.6. The molecule has 3 rings (SSSR count). The predicted octanol–water partition coefficient (Wildman–Crippen LogP) is 0.403. The Hall–Kier alpha value is -2.63. The van der Waals surface area contributed by atoms with Crippen LogP contribution in [0.15, 0.2) is 30.6 Å². The summed E-state index contributed by atoms with van der Waals surface area (Å²) >= 11 is 0. The summed E-state index contributed by atoms with van der Waals surface area (Å²) in [5, 5.41) is 7.99. The Kier molecular flexibility index (Phi) is 5.63. The van der Waals surface area contributed by atoms with Crippen molar-refractivity contribution in [1.29, 1.82) is 0 Å². The van der Waals surface area contributed by atoms with Gasteiger partial charge in [-0.15, -0.1) is 0 Å². The maximum atomic E-state index is 12.2. The molecule has 10 nitrogen and oxygen atoms in total. The first-order valence-corrected chi connectivity index (χ1v) is 9.99. The second kappa shape index (κ2) is 7.94. The van der Waals surface area contributed by atoms with E-state index >= 15 is 0 Å². The number of rotatable bonds is 6. The number of esters is 1. The van der Waals surface area contributed by atoms with Crippen LogP contribution in [0, 0.1) is 0 Å². The highest BCUT2D eigenvalue weighted by Crippen LogP contribution is 2.19. The minimum absolute atomic E-state index is 0.0986. The van der Waals surface area contributed by atoms with E-state index in [-0.39, 0.29) is 23.8 Å². The zero-order valence-corrected chi connectivity index (χ0v) is 15.5. The van der Waals surface area contributed by atoms with Crippen molar-refractivity contribution in [2.45, 2.75) is 24.6 Å². The lowest BCUT2D eigenvalue weighted by atomic mass is 10.2. The Labute approximate surface area is 156 Å². The fourth-order valence-corrected chi connectivity index (χ4v) is 3.50. The predicted molar refractivity (Wildman–Crippen MR) is 97.6 cm³/mol. The lowest BCUT2D eigenvalue weighted by Crippen LogP contribution is -2.36. The van der Waals surface area contributed by atoms with Crippen LogP contribution in [0.25, 0.3) is 0 Å². The third-order valence-electron chi connectivity index (χ3n) is 4.09. The molecule has 144 valence electrons. The molecule has 0 radical (unpaired) electrons. The summed E-state index contributed by atoms with van der Waals surface area (Å²) in [6.07, 6.45) is 2.90. The quantitative estimate of drug-likeness (QED) is 0.668. The summed E-state index contributed by atoms with van der Waals surface area (Å²) in [6.45, 7) is 0.846. The van der Waals surface area contributed by atoms with Crippen LogP contribution < -0.4 is 15.2 Å². The molecule has 0 unspecified atom stereocenters. The van der Waals surface area contributed by atoms with Crippen LogP contribution in [0.2, 0.25) is 0 Å². The largest absolute Gasteiger partial charge is 0.390 e. The zero-order chi connectivity index (χ0) is 19.4. The topological polar surface area (TPSA) is 140 Å². The molecule has 1 aliphatic rings. The number of nitrogens with zero attached hydrogens (tertiary/aromatic N) is 4. The summed E-state index contributed by atoms with van der Waals surface area (Å²) < 4.78 is 27.7. The van der Waals surface area contributed by atoms with Gasteiger partial charge in [0.15, 0.2) is 0 Å². The lowest BCUT2D eigenvalue weighted by molar-refractivity contribution is -0.139. The van der Waals surface area contributed by atoms with Gasteiger partial charge in [-0.2, -0.15) is 9.97 Å². The molecule has 0 spiro atoms. The molecule has 3 N–H and O–H groups in total. The standard InChI is InChI=1S/C16H20N6O4S/c1-22-7-3-6-13(22)14(23)26-16-19-10-18-15(21-16)20-12-5-2-4-11(8-12)9-27(17,24)25/h2,4-5,8,10,13H,3,6-7,9H2,1H3,(H2,17,24,25)(H,18,19,20,21)/t13-/m0/s1. The second-order valence-electron chi connectivity index (χ2n) is 6.28. The van der Waals surface area contributed by atoms with Crippen molar-refractivity contribution < 1.29 is 17.9 Å². The van der Waals surface area contributed by atoms with Crippen molar-refractivity contribution in [2.75, 3.05) is 18.9 Å². The molecule has 2 heterocycles. The molecule has 0 saturated carbocycles. The minimum Gasteiger partial charge on any atom is -0.390 e. The minimum atomic E-state index is -3.63. The number of anilines is 2. The number of sulfonamides is 1. The van der Waals surface area contributed by atoms with Gasteiger partial charge in [-0.1, -0.05) is 12.1 Å². The van der Waals surface area contributed by atoms with Gasteiger partial charge in [-0.3, -0.25) is 4.90 Å². The molecule has 1 saturated heterocycles. The first-order valence-electron chi connectivity index (χ1n) is 8.27. The highest BCUT2D eigenvalue weighted by molar-refractivity contribution is 7.88. The van der Waals surface area contributed by atoms with Gasteiger partial charge in [0.05, 0.1) is 5.75 Å². The number of hydrogen-bond donors (Lipinski definition) is 2. The van der Waals surface area contributed by atoms with Gasteiger partial charge >= 0.3 is 12.0 Å². The van der Waals surface area contributed by atoms with E-state index in [0.717, 1.165) is 19.4 Å². The van der Waals surface area contributed by atoms with E-state index in [4.69, 9.17) is 9.88 Å². The fourth-order valence-electron chi connectivity index (χ4n) is 2.86. The number of primary sulfonamides is 1. The molecule has 1 atom stereocenters. The number of carbonyl (C=O) groups is 1. The van der Waals surface area contributed by atoms with Crippen LogP contribution in [0.5, 0.6) is 6.01 Å². The monoisotopic (exact) mass is 392 g/mol. The Morgan fingerprint density at radius 3 is 2.93 bits per heavy atom. The lowest BCUT2D eigenvalue weighted by Gasteiger charge is -2.16. The van der Waals surface area contributed by atoms with Crippen molar-refractivity contribution in [3.63, 3.8) is 0 Å². The van der Waals surface area contributed by atoms with Crippen LogP contribution >= 0.6 is 0 Å².